The normalized spacial score (nSPS) is 18.0. The van der Waals surface area contributed by atoms with Gasteiger partial charge in [-0.15, -0.1) is 0 Å². The molecule has 0 saturated heterocycles. The first-order chi connectivity index (χ1) is 17.6. The number of nitrogens with one attached hydrogen (secondary N) is 3. The third-order valence-electron chi connectivity index (χ3n) is 6.15. The van der Waals surface area contributed by atoms with Crippen LogP contribution in [0.5, 0.6) is 0 Å². The van der Waals surface area contributed by atoms with E-state index in [-0.39, 0.29) is 24.1 Å². The van der Waals surface area contributed by atoms with E-state index in [1.165, 1.54) is 0 Å². The summed E-state index contributed by atoms with van der Waals surface area (Å²) in [5, 5.41) is 17.7. The molecule has 0 heterocycles. The van der Waals surface area contributed by atoms with E-state index in [9.17, 15) is 19.5 Å². The highest BCUT2D eigenvalue weighted by molar-refractivity contribution is 6.08. The number of amides is 3. The van der Waals surface area contributed by atoms with E-state index in [0.29, 0.717) is 23.7 Å². The Morgan fingerprint density at radius 2 is 1.62 bits per heavy atom. The summed E-state index contributed by atoms with van der Waals surface area (Å²) in [5.74, 6) is -0.313. The lowest BCUT2D eigenvalue weighted by atomic mass is 9.81. The molecule has 4 N–H and O–H groups in total. The molecule has 8 heteroatoms. The molecule has 0 spiro atoms. The zero-order valence-corrected chi connectivity index (χ0v) is 21.8. The first kappa shape index (κ1) is 27.9. The van der Waals surface area contributed by atoms with Gasteiger partial charge in [0.1, 0.15) is 11.3 Å². The van der Waals surface area contributed by atoms with Crippen molar-refractivity contribution in [1.82, 2.24) is 10.6 Å². The van der Waals surface area contributed by atoms with E-state index < -0.39 is 17.6 Å². The maximum Gasteiger partial charge on any atom is 0.407 e. The van der Waals surface area contributed by atoms with E-state index in [0.717, 1.165) is 31.2 Å². The Morgan fingerprint density at radius 1 is 0.973 bits per heavy atom. The van der Waals surface area contributed by atoms with Gasteiger partial charge in [-0.05, 0) is 88.1 Å². The molecule has 37 heavy (non-hydrogen) atoms. The Morgan fingerprint density at radius 3 is 2.22 bits per heavy atom. The number of benzene rings is 2. The summed E-state index contributed by atoms with van der Waals surface area (Å²) in [7, 11) is 0. The summed E-state index contributed by atoms with van der Waals surface area (Å²) in [4.78, 5) is 37.9. The van der Waals surface area contributed by atoms with Crippen LogP contribution in [0.4, 0.5) is 10.5 Å². The summed E-state index contributed by atoms with van der Waals surface area (Å²) >= 11 is 0. The number of ether oxygens (including phenoxy) is 1. The van der Waals surface area contributed by atoms with Crippen molar-refractivity contribution in [2.24, 2.45) is 11.8 Å². The van der Waals surface area contributed by atoms with Crippen molar-refractivity contribution in [2.75, 3.05) is 11.9 Å². The van der Waals surface area contributed by atoms with E-state index in [2.05, 4.69) is 16.0 Å². The second kappa shape index (κ2) is 13.1. The predicted molar refractivity (Wildman–Crippen MR) is 143 cm³/mol. The van der Waals surface area contributed by atoms with Crippen molar-refractivity contribution >= 4 is 23.6 Å². The number of allylic oxidation sites excluding steroid dienone is 1. The molecule has 0 unspecified atom stereocenters. The number of hydrogen-bond donors (Lipinski definition) is 4. The van der Waals surface area contributed by atoms with Crippen LogP contribution in [-0.2, 0) is 16.1 Å². The molecule has 2 aromatic carbocycles. The maximum absolute atomic E-state index is 13.2. The van der Waals surface area contributed by atoms with Gasteiger partial charge in [0.2, 0.25) is 0 Å². The SMILES string of the molecule is CC(C)(C)OC(=O)NC[C@H]1CC[C@H](/C=C(/NC(=O)c2ccccc2)C(=O)Nc2ccc(CO)cc2)CC1. The van der Waals surface area contributed by atoms with Crippen LogP contribution >= 0.6 is 0 Å². The predicted octanol–water partition coefficient (Wildman–Crippen LogP) is 4.76. The first-order valence-corrected chi connectivity index (χ1v) is 12.7. The fourth-order valence-electron chi connectivity index (χ4n) is 4.19. The number of aliphatic hydroxyl groups excluding tert-OH is 1. The van der Waals surface area contributed by atoms with Crippen LogP contribution in [-0.4, -0.2) is 35.2 Å². The first-order valence-electron chi connectivity index (χ1n) is 12.7. The highest BCUT2D eigenvalue weighted by atomic mass is 16.6. The van der Waals surface area contributed by atoms with Gasteiger partial charge in [0.25, 0.3) is 11.8 Å². The van der Waals surface area contributed by atoms with Crippen molar-refractivity contribution < 1.29 is 24.2 Å². The van der Waals surface area contributed by atoms with E-state index in [1.54, 1.807) is 48.5 Å². The summed E-state index contributed by atoms with van der Waals surface area (Å²) in [6, 6.07) is 15.6. The Bertz CT molecular complexity index is 1080. The average molecular weight is 508 g/mol. The molecule has 0 aromatic heterocycles. The number of carbonyl (C=O) groups is 3. The zero-order valence-electron chi connectivity index (χ0n) is 21.8. The minimum absolute atomic E-state index is 0.0809. The molecule has 1 aliphatic rings. The van der Waals surface area contributed by atoms with Crippen LogP contribution in [0.25, 0.3) is 0 Å². The molecular weight excluding hydrogens is 470 g/mol. The lowest BCUT2D eigenvalue weighted by Gasteiger charge is -2.28. The number of rotatable bonds is 8. The number of aliphatic hydroxyl groups is 1. The van der Waals surface area contributed by atoms with Crippen LogP contribution in [0.2, 0.25) is 0 Å². The summed E-state index contributed by atoms with van der Waals surface area (Å²) in [5.41, 5.74) is 1.44. The van der Waals surface area contributed by atoms with Crippen molar-refractivity contribution in [3.8, 4) is 0 Å². The van der Waals surface area contributed by atoms with Gasteiger partial charge in [-0.25, -0.2) is 4.79 Å². The monoisotopic (exact) mass is 507 g/mol. The fourth-order valence-corrected chi connectivity index (χ4v) is 4.19. The third-order valence-corrected chi connectivity index (χ3v) is 6.15. The third kappa shape index (κ3) is 9.38. The second-order valence-corrected chi connectivity index (χ2v) is 10.4. The molecule has 1 aliphatic carbocycles. The fraction of sp³-hybridized carbons (Fsp3) is 0.414. The van der Waals surface area contributed by atoms with Crippen LogP contribution in [0.15, 0.2) is 66.4 Å². The van der Waals surface area contributed by atoms with Gasteiger partial charge >= 0.3 is 6.09 Å². The Kier molecular flexibility index (Phi) is 9.85. The molecule has 1 fully saturated rings. The molecule has 1 saturated carbocycles. The molecule has 0 atom stereocenters. The second-order valence-electron chi connectivity index (χ2n) is 10.4. The Labute approximate surface area is 218 Å². The van der Waals surface area contributed by atoms with E-state index in [4.69, 9.17) is 4.74 Å². The summed E-state index contributed by atoms with van der Waals surface area (Å²) in [6.45, 7) is 5.96. The van der Waals surface area contributed by atoms with Gasteiger partial charge in [0.15, 0.2) is 0 Å². The summed E-state index contributed by atoms with van der Waals surface area (Å²) in [6.07, 6.45) is 4.88. The van der Waals surface area contributed by atoms with Gasteiger partial charge in [0.05, 0.1) is 6.61 Å². The lowest BCUT2D eigenvalue weighted by molar-refractivity contribution is -0.113. The minimum atomic E-state index is -0.533. The topological polar surface area (TPSA) is 117 Å². The zero-order chi connectivity index (χ0) is 26.8. The van der Waals surface area contributed by atoms with Crippen LogP contribution in [0.3, 0.4) is 0 Å². The van der Waals surface area contributed by atoms with Gasteiger partial charge in [-0.2, -0.15) is 0 Å². The standard InChI is InChI=1S/C29H37N3O5/c1-29(2,3)37-28(36)30-18-21-11-9-20(10-12-21)17-25(32-26(34)23-7-5-4-6-8-23)27(35)31-24-15-13-22(19-33)14-16-24/h4-8,13-17,20-21,33H,9-12,18-19H2,1-3H3,(H,30,36)(H,31,35)(H,32,34)/b25-17+/t20-,21-. The van der Waals surface area contributed by atoms with Crippen LogP contribution < -0.4 is 16.0 Å². The number of anilines is 1. The molecule has 0 bridgehead atoms. The average Bonchev–Trinajstić information content (AvgIpc) is 2.87. The van der Waals surface area contributed by atoms with Crippen molar-refractivity contribution in [3.05, 3.63) is 77.5 Å². The molecule has 2 aromatic rings. The van der Waals surface area contributed by atoms with E-state index >= 15 is 0 Å². The van der Waals surface area contributed by atoms with Crippen LogP contribution in [0, 0.1) is 11.8 Å². The molecular formula is C29H37N3O5. The Hall–Kier alpha value is -3.65. The number of alkyl carbamates (subject to hydrolysis) is 1. The highest BCUT2D eigenvalue weighted by Crippen LogP contribution is 2.30. The maximum atomic E-state index is 13.2. The molecule has 3 rings (SSSR count). The Balaban J connectivity index is 1.64. The summed E-state index contributed by atoms with van der Waals surface area (Å²) < 4.78 is 5.31. The number of hydrogen-bond acceptors (Lipinski definition) is 5. The van der Waals surface area contributed by atoms with Gasteiger partial charge in [-0.3, -0.25) is 9.59 Å². The van der Waals surface area contributed by atoms with Gasteiger partial charge in [0, 0.05) is 17.8 Å². The van der Waals surface area contributed by atoms with Crippen molar-refractivity contribution in [2.45, 2.75) is 58.7 Å². The van der Waals surface area contributed by atoms with Crippen molar-refractivity contribution in [1.29, 1.82) is 0 Å². The molecule has 0 aliphatic heterocycles. The number of carbonyl (C=O) groups excluding carboxylic acids is 3. The van der Waals surface area contributed by atoms with Gasteiger partial charge < -0.3 is 25.8 Å². The smallest absolute Gasteiger partial charge is 0.407 e. The molecule has 198 valence electrons. The molecule has 3 amide bonds. The highest BCUT2D eigenvalue weighted by Gasteiger charge is 2.24. The quantitative estimate of drug-likeness (QED) is 0.384. The largest absolute Gasteiger partial charge is 0.444 e. The van der Waals surface area contributed by atoms with Crippen LogP contribution in [0.1, 0.15) is 62.4 Å². The van der Waals surface area contributed by atoms with Crippen molar-refractivity contribution in [3.63, 3.8) is 0 Å². The minimum Gasteiger partial charge on any atom is -0.444 e. The van der Waals surface area contributed by atoms with E-state index in [1.807, 2.05) is 32.9 Å². The molecule has 8 nitrogen and oxygen atoms in total. The lowest BCUT2D eigenvalue weighted by Crippen LogP contribution is -2.36. The van der Waals surface area contributed by atoms with Gasteiger partial charge in [-0.1, -0.05) is 36.4 Å². The molecule has 0 radical (unpaired) electrons.